The second kappa shape index (κ2) is 4.92. The van der Waals surface area contributed by atoms with Gasteiger partial charge in [-0.05, 0) is 6.42 Å². The van der Waals surface area contributed by atoms with Crippen molar-refractivity contribution < 1.29 is 24.3 Å². The van der Waals surface area contributed by atoms with Crippen LogP contribution >= 0.6 is 0 Å². The first kappa shape index (κ1) is 10.9. The van der Waals surface area contributed by atoms with Gasteiger partial charge in [-0.25, -0.2) is 5.48 Å². The van der Waals surface area contributed by atoms with Crippen LogP contribution < -0.4 is 5.48 Å². The molecule has 0 aromatic carbocycles. The second-order valence-electron chi connectivity index (χ2n) is 3.09. The molecule has 14 heavy (non-hydrogen) atoms. The molecule has 0 aromatic rings. The van der Waals surface area contributed by atoms with Crippen LogP contribution in [-0.2, 0) is 19.2 Å². The largest absolute Gasteiger partial charge is 0.481 e. The lowest BCUT2D eigenvalue weighted by Crippen LogP contribution is -2.28. The Hall–Kier alpha value is -1.14. The summed E-state index contributed by atoms with van der Waals surface area (Å²) in [7, 11) is 1.52. The first-order valence-electron chi connectivity index (χ1n) is 4.30. The average Bonchev–Trinajstić information content (AvgIpc) is 2.91. The van der Waals surface area contributed by atoms with E-state index in [1.54, 1.807) is 0 Å². The van der Waals surface area contributed by atoms with E-state index in [9.17, 15) is 9.59 Å². The Kier molecular flexibility index (Phi) is 3.84. The van der Waals surface area contributed by atoms with E-state index < -0.39 is 17.8 Å². The molecular formula is C8H13NO5. The maximum Gasteiger partial charge on any atom is 0.307 e. The number of hydrogen-bond donors (Lipinski definition) is 2. The minimum absolute atomic E-state index is 0.257. The second-order valence-corrected chi connectivity index (χ2v) is 3.09. The number of carbonyl (C=O) groups is 2. The number of ether oxygens (including phenoxy) is 1. The smallest absolute Gasteiger partial charge is 0.307 e. The summed E-state index contributed by atoms with van der Waals surface area (Å²) in [6, 6.07) is 0. The van der Waals surface area contributed by atoms with Crippen LogP contribution in [0.25, 0.3) is 0 Å². The highest BCUT2D eigenvalue weighted by Gasteiger charge is 2.48. The van der Waals surface area contributed by atoms with Crippen LogP contribution in [0.4, 0.5) is 0 Å². The quantitative estimate of drug-likeness (QED) is 0.445. The van der Waals surface area contributed by atoms with Crippen LogP contribution in [0, 0.1) is 11.8 Å². The zero-order valence-electron chi connectivity index (χ0n) is 7.86. The third-order valence-electron chi connectivity index (χ3n) is 2.01. The van der Waals surface area contributed by atoms with E-state index >= 15 is 0 Å². The highest BCUT2D eigenvalue weighted by atomic mass is 16.7. The molecule has 2 unspecified atom stereocenters. The molecule has 6 nitrogen and oxygen atoms in total. The minimum Gasteiger partial charge on any atom is -0.481 e. The van der Waals surface area contributed by atoms with Gasteiger partial charge in [-0.15, -0.1) is 0 Å². The maximum atomic E-state index is 11.1. The summed E-state index contributed by atoms with van der Waals surface area (Å²) in [6.45, 7) is 0.639. The van der Waals surface area contributed by atoms with Crippen molar-refractivity contribution >= 4 is 11.9 Å². The van der Waals surface area contributed by atoms with Gasteiger partial charge in [0.05, 0.1) is 25.0 Å². The highest BCUT2D eigenvalue weighted by Crippen LogP contribution is 2.38. The molecule has 80 valence electrons. The van der Waals surface area contributed by atoms with E-state index in [0.29, 0.717) is 13.0 Å². The predicted molar refractivity (Wildman–Crippen MR) is 45.2 cm³/mol. The lowest BCUT2D eigenvalue weighted by molar-refractivity contribution is -0.143. The summed E-state index contributed by atoms with van der Waals surface area (Å²) >= 11 is 0. The zero-order valence-corrected chi connectivity index (χ0v) is 7.86. The summed E-state index contributed by atoms with van der Waals surface area (Å²) < 4.78 is 4.69. The molecule has 1 aliphatic rings. The Labute approximate surface area is 81.1 Å². The molecule has 1 amide bonds. The predicted octanol–water partition coefficient (Wildman–Crippen LogP) is -0.599. The summed E-state index contributed by atoms with van der Waals surface area (Å²) in [6.07, 6.45) is 0.398. The van der Waals surface area contributed by atoms with Crippen LogP contribution in [0.5, 0.6) is 0 Å². The van der Waals surface area contributed by atoms with Crippen molar-refractivity contribution in [3.05, 3.63) is 0 Å². The fraction of sp³-hybridized carbons (Fsp3) is 0.750. The van der Waals surface area contributed by atoms with Gasteiger partial charge in [0.25, 0.3) is 0 Å². The van der Waals surface area contributed by atoms with E-state index in [4.69, 9.17) is 9.94 Å². The molecule has 0 aliphatic heterocycles. The maximum absolute atomic E-state index is 11.1. The average molecular weight is 203 g/mol. The third kappa shape index (κ3) is 2.97. The van der Waals surface area contributed by atoms with Crippen molar-refractivity contribution in [2.75, 3.05) is 20.3 Å². The van der Waals surface area contributed by atoms with Crippen molar-refractivity contribution in [1.82, 2.24) is 5.48 Å². The molecule has 0 radical (unpaired) electrons. The first-order valence-corrected chi connectivity index (χ1v) is 4.30. The van der Waals surface area contributed by atoms with E-state index in [1.165, 1.54) is 7.11 Å². The highest BCUT2D eigenvalue weighted by molar-refractivity contribution is 5.88. The van der Waals surface area contributed by atoms with Crippen LogP contribution in [0.3, 0.4) is 0 Å². The number of hydroxylamine groups is 1. The van der Waals surface area contributed by atoms with Gasteiger partial charge < -0.3 is 9.84 Å². The molecule has 1 fully saturated rings. The first-order chi connectivity index (χ1) is 6.66. The van der Waals surface area contributed by atoms with Crippen molar-refractivity contribution in [2.45, 2.75) is 6.42 Å². The van der Waals surface area contributed by atoms with Gasteiger partial charge in [0.15, 0.2) is 0 Å². The summed E-state index contributed by atoms with van der Waals surface area (Å²) in [5, 5.41) is 8.54. The van der Waals surface area contributed by atoms with E-state index in [2.05, 4.69) is 10.2 Å². The molecule has 2 atom stereocenters. The summed E-state index contributed by atoms with van der Waals surface area (Å²) in [5.41, 5.74) is 2.18. The molecule has 2 N–H and O–H groups in total. The molecular weight excluding hydrogens is 190 g/mol. The van der Waals surface area contributed by atoms with E-state index in [-0.39, 0.29) is 12.5 Å². The normalized spacial score (nSPS) is 24.4. The number of rotatable bonds is 6. The SMILES string of the molecule is COCCONC(=O)C1CC1C(=O)O. The molecule has 0 heterocycles. The molecule has 0 bridgehead atoms. The number of methoxy groups -OCH3 is 1. The lowest BCUT2D eigenvalue weighted by Gasteiger charge is -2.03. The van der Waals surface area contributed by atoms with Gasteiger partial charge in [0.1, 0.15) is 0 Å². The van der Waals surface area contributed by atoms with Crippen LogP contribution in [0.1, 0.15) is 6.42 Å². The van der Waals surface area contributed by atoms with Crippen molar-refractivity contribution in [3.8, 4) is 0 Å². The summed E-state index contributed by atoms with van der Waals surface area (Å²) in [5.74, 6) is -2.27. The van der Waals surface area contributed by atoms with Gasteiger partial charge in [0, 0.05) is 7.11 Å². The Balaban J connectivity index is 2.09. The summed E-state index contributed by atoms with van der Waals surface area (Å²) in [4.78, 5) is 26.3. The van der Waals surface area contributed by atoms with E-state index in [0.717, 1.165) is 0 Å². The molecule has 0 aromatic heterocycles. The van der Waals surface area contributed by atoms with Crippen molar-refractivity contribution in [2.24, 2.45) is 11.8 Å². The molecule has 1 saturated carbocycles. The molecule has 0 saturated heterocycles. The third-order valence-corrected chi connectivity index (χ3v) is 2.01. The number of carbonyl (C=O) groups excluding carboxylic acids is 1. The Bertz CT molecular complexity index is 230. The van der Waals surface area contributed by atoms with Gasteiger partial charge in [-0.2, -0.15) is 0 Å². The van der Waals surface area contributed by atoms with Crippen LogP contribution in [0.2, 0.25) is 0 Å². The Morgan fingerprint density at radius 1 is 1.43 bits per heavy atom. The van der Waals surface area contributed by atoms with E-state index in [1.807, 2.05) is 0 Å². The number of hydrogen-bond acceptors (Lipinski definition) is 4. The zero-order chi connectivity index (χ0) is 10.6. The number of amides is 1. The topological polar surface area (TPSA) is 84.9 Å². The number of aliphatic carboxylic acids is 1. The molecule has 0 spiro atoms. The lowest BCUT2D eigenvalue weighted by atomic mass is 10.3. The van der Waals surface area contributed by atoms with Gasteiger partial charge in [-0.1, -0.05) is 0 Å². The Morgan fingerprint density at radius 2 is 2.14 bits per heavy atom. The number of carboxylic acid groups (broad SMARTS) is 1. The molecule has 1 rings (SSSR count). The Morgan fingerprint density at radius 3 is 2.64 bits per heavy atom. The molecule has 1 aliphatic carbocycles. The van der Waals surface area contributed by atoms with Crippen LogP contribution in [-0.4, -0.2) is 37.3 Å². The minimum atomic E-state index is -0.929. The van der Waals surface area contributed by atoms with Gasteiger partial charge >= 0.3 is 5.97 Å². The van der Waals surface area contributed by atoms with Gasteiger partial charge in [0.2, 0.25) is 5.91 Å². The standard InChI is InChI=1S/C8H13NO5/c1-13-2-3-14-9-7(10)5-4-6(5)8(11)12/h5-6H,2-4H2,1H3,(H,9,10)(H,11,12). The van der Waals surface area contributed by atoms with Gasteiger partial charge in [-0.3, -0.25) is 14.4 Å². The fourth-order valence-electron chi connectivity index (χ4n) is 1.08. The van der Waals surface area contributed by atoms with Crippen LogP contribution in [0.15, 0.2) is 0 Å². The van der Waals surface area contributed by atoms with Crippen molar-refractivity contribution in [1.29, 1.82) is 0 Å². The number of nitrogens with one attached hydrogen (secondary N) is 1. The monoisotopic (exact) mass is 203 g/mol. The number of carboxylic acids is 1. The fourth-order valence-corrected chi connectivity index (χ4v) is 1.08. The molecule has 6 heteroatoms. The van der Waals surface area contributed by atoms with Crippen molar-refractivity contribution in [3.63, 3.8) is 0 Å².